The summed E-state index contributed by atoms with van der Waals surface area (Å²) in [6.07, 6.45) is 27.9. The Balaban J connectivity index is 1.85. The minimum Gasteiger partial charge on any atom is -0.351 e. The van der Waals surface area contributed by atoms with Crippen molar-refractivity contribution in [1.82, 2.24) is 5.32 Å². The first-order valence-electron chi connectivity index (χ1n) is 17.5. The normalized spacial score (nSPS) is 19.8. The Kier molecular flexibility index (Phi) is 13.9. The lowest BCUT2D eigenvalue weighted by Crippen LogP contribution is -2.36. The molecule has 0 bridgehead atoms. The van der Waals surface area contributed by atoms with Crippen LogP contribution in [0.2, 0.25) is 0 Å². The van der Waals surface area contributed by atoms with Crippen LogP contribution in [0.4, 0.5) is 4.79 Å². The van der Waals surface area contributed by atoms with Crippen molar-refractivity contribution in [2.24, 2.45) is 5.73 Å². The summed E-state index contributed by atoms with van der Waals surface area (Å²) in [6, 6.07) is 14.2. The van der Waals surface area contributed by atoms with Gasteiger partial charge in [0.2, 0.25) is 0 Å². The van der Waals surface area contributed by atoms with Crippen LogP contribution in [-0.4, -0.2) is 11.9 Å². The van der Waals surface area contributed by atoms with Gasteiger partial charge in [0.15, 0.2) is 0 Å². The van der Waals surface area contributed by atoms with Gasteiger partial charge in [-0.25, -0.2) is 4.79 Å². The maximum Gasteiger partial charge on any atom is 0.319 e. The van der Waals surface area contributed by atoms with E-state index in [0.717, 1.165) is 12.8 Å². The van der Waals surface area contributed by atoms with Crippen molar-refractivity contribution >= 4 is 11.9 Å². The molecule has 0 unspecified atom stereocenters. The van der Waals surface area contributed by atoms with Crippen LogP contribution in [0.5, 0.6) is 0 Å². The number of benzene rings is 2. The Morgan fingerprint density at radius 2 is 0.929 bits per heavy atom. The molecule has 2 aromatic rings. The van der Waals surface area contributed by atoms with Crippen molar-refractivity contribution in [2.75, 3.05) is 0 Å². The lowest BCUT2D eigenvalue weighted by atomic mass is 9.74. The van der Waals surface area contributed by atoms with Gasteiger partial charge in [-0.15, -0.1) is 0 Å². The van der Waals surface area contributed by atoms with Crippen molar-refractivity contribution in [1.29, 1.82) is 0 Å². The second-order valence-electron chi connectivity index (χ2n) is 13.1. The number of primary amides is 1. The molecule has 0 saturated heterocycles. The second kappa shape index (κ2) is 18.1. The van der Waals surface area contributed by atoms with Crippen LogP contribution in [-0.2, 0) is 0 Å². The summed E-state index contributed by atoms with van der Waals surface area (Å²) >= 11 is 0. The Morgan fingerprint density at radius 1 is 0.524 bits per heavy atom. The Labute approximate surface area is 255 Å². The fourth-order valence-electron chi connectivity index (χ4n) is 7.67. The van der Waals surface area contributed by atoms with Crippen LogP contribution in [0.1, 0.15) is 175 Å². The van der Waals surface area contributed by atoms with Gasteiger partial charge in [-0.3, -0.25) is 10.1 Å². The number of carbonyl (C=O) groups is 2. The first kappa shape index (κ1) is 32.3. The van der Waals surface area contributed by atoms with Gasteiger partial charge in [0, 0.05) is 5.56 Å². The molecule has 2 fully saturated rings. The number of nitrogens with one attached hydrogen (secondary N) is 1. The standard InChI is InChI=1S/C38H56N2O2/c39-38(42)40-37(41)34-29-28-33(30-22-20-15-21-23-30)35(31-24-16-11-7-3-1-4-8-12-17-25-31)36(34)32-26-18-13-9-5-2-6-10-14-19-27-32/h15,20-23,28-29,31-32H,1-14,16-19,24-27H2,(H3,39,40,41,42). The van der Waals surface area contributed by atoms with E-state index in [1.54, 1.807) is 0 Å². The topological polar surface area (TPSA) is 72.2 Å². The van der Waals surface area contributed by atoms with Gasteiger partial charge in [-0.1, -0.05) is 152 Å². The van der Waals surface area contributed by atoms with Crippen molar-refractivity contribution < 1.29 is 9.59 Å². The molecule has 0 spiro atoms. The molecule has 2 aromatic carbocycles. The zero-order valence-corrected chi connectivity index (χ0v) is 26.1. The highest BCUT2D eigenvalue weighted by Gasteiger charge is 2.29. The van der Waals surface area contributed by atoms with E-state index in [0.29, 0.717) is 17.4 Å². The number of hydrogen-bond acceptors (Lipinski definition) is 2. The van der Waals surface area contributed by atoms with E-state index in [4.69, 9.17) is 5.73 Å². The third-order valence-corrected chi connectivity index (χ3v) is 9.88. The summed E-state index contributed by atoms with van der Waals surface area (Å²) in [7, 11) is 0. The molecular formula is C38H56N2O2. The molecule has 0 aromatic heterocycles. The number of nitrogens with two attached hydrogens (primary N) is 1. The summed E-state index contributed by atoms with van der Waals surface area (Å²) in [4.78, 5) is 25.6. The number of urea groups is 1. The Morgan fingerprint density at radius 3 is 1.36 bits per heavy atom. The van der Waals surface area contributed by atoms with Gasteiger partial charge in [0.25, 0.3) is 5.91 Å². The molecular weight excluding hydrogens is 516 g/mol. The highest BCUT2D eigenvalue weighted by Crippen LogP contribution is 2.45. The number of imide groups is 1. The summed E-state index contributed by atoms with van der Waals surface area (Å²) in [6.45, 7) is 0. The van der Waals surface area contributed by atoms with Crippen LogP contribution in [0.25, 0.3) is 11.1 Å². The number of amides is 3. The monoisotopic (exact) mass is 572 g/mol. The van der Waals surface area contributed by atoms with Crippen LogP contribution < -0.4 is 11.1 Å². The quantitative estimate of drug-likeness (QED) is 0.382. The van der Waals surface area contributed by atoms with E-state index in [-0.39, 0.29) is 5.91 Å². The predicted octanol–water partition coefficient (Wildman–Crippen LogP) is 10.9. The summed E-state index contributed by atoms with van der Waals surface area (Å²) < 4.78 is 0. The average molecular weight is 573 g/mol. The molecule has 4 nitrogen and oxygen atoms in total. The molecule has 2 aliphatic carbocycles. The van der Waals surface area contributed by atoms with Gasteiger partial charge >= 0.3 is 6.03 Å². The van der Waals surface area contributed by atoms with E-state index in [2.05, 4.69) is 41.7 Å². The van der Waals surface area contributed by atoms with Crippen LogP contribution in [0, 0.1) is 0 Å². The summed E-state index contributed by atoms with van der Waals surface area (Å²) in [5.74, 6) is 0.396. The maximum absolute atomic E-state index is 13.7. The highest BCUT2D eigenvalue weighted by atomic mass is 16.2. The van der Waals surface area contributed by atoms with Crippen LogP contribution in [0.3, 0.4) is 0 Å². The second-order valence-corrected chi connectivity index (χ2v) is 13.1. The van der Waals surface area contributed by atoms with Crippen LogP contribution in [0.15, 0.2) is 42.5 Å². The van der Waals surface area contributed by atoms with Crippen molar-refractivity contribution in [3.63, 3.8) is 0 Å². The largest absolute Gasteiger partial charge is 0.351 e. The van der Waals surface area contributed by atoms with E-state index < -0.39 is 6.03 Å². The molecule has 2 saturated carbocycles. The molecule has 2 aliphatic rings. The number of rotatable bonds is 4. The Bertz CT molecular complexity index is 1070. The first-order valence-corrected chi connectivity index (χ1v) is 17.5. The molecule has 0 atom stereocenters. The molecule has 3 N–H and O–H groups in total. The van der Waals surface area contributed by atoms with Crippen molar-refractivity contribution in [3.8, 4) is 11.1 Å². The fraction of sp³-hybridized carbons (Fsp3) is 0.632. The molecule has 0 aliphatic heterocycles. The van der Waals surface area contributed by atoms with Crippen LogP contribution >= 0.6 is 0 Å². The number of carbonyl (C=O) groups excluding carboxylic acids is 2. The zero-order chi connectivity index (χ0) is 29.4. The first-order chi connectivity index (χ1) is 20.6. The minimum atomic E-state index is -0.774. The van der Waals surface area contributed by atoms with E-state index >= 15 is 0 Å². The summed E-state index contributed by atoms with van der Waals surface area (Å²) in [5.41, 5.74) is 11.3. The molecule has 3 amide bonds. The fourth-order valence-corrected chi connectivity index (χ4v) is 7.67. The number of hydrogen-bond donors (Lipinski definition) is 2. The van der Waals surface area contributed by atoms with Gasteiger partial charge < -0.3 is 5.73 Å². The Hall–Kier alpha value is -2.62. The maximum atomic E-state index is 13.7. The molecule has 4 heteroatoms. The molecule has 42 heavy (non-hydrogen) atoms. The van der Waals surface area contributed by atoms with Crippen molar-refractivity contribution in [2.45, 2.75) is 153 Å². The highest BCUT2D eigenvalue weighted by molar-refractivity contribution is 6.05. The lowest BCUT2D eigenvalue weighted by Gasteiger charge is -2.31. The SMILES string of the molecule is NC(=O)NC(=O)c1ccc(-c2ccccc2)c(C2CCCCCCCCCCC2)c1C1CCCCCCCCCCC1. The van der Waals surface area contributed by atoms with Crippen molar-refractivity contribution in [3.05, 3.63) is 59.2 Å². The molecule has 0 heterocycles. The van der Waals surface area contributed by atoms with E-state index in [9.17, 15) is 9.59 Å². The lowest BCUT2D eigenvalue weighted by molar-refractivity contribution is 0.0964. The third kappa shape index (κ3) is 9.99. The molecule has 4 rings (SSSR count). The van der Waals surface area contributed by atoms with E-state index in [1.807, 2.05) is 6.07 Å². The third-order valence-electron chi connectivity index (χ3n) is 9.88. The zero-order valence-electron chi connectivity index (χ0n) is 26.1. The smallest absolute Gasteiger partial charge is 0.319 e. The van der Waals surface area contributed by atoms with Gasteiger partial charge in [0.05, 0.1) is 0 Å². The molecule has 230 valence electrons. The predicted molar refractivity (Wildman–Crippen MR) is 176 cm³/mol. The van der Waals surface area contributed by atoms with Gasteiger partial charge in [0.1, 0.15) is 0 Å². The summed E-state index contributed by atoms with van der Waals surface area (Å²) in [5, 5.41) is 2.45. The molecule has 0 radical (unpaired) electrons. The van der Waals surface area contributed by atoms with Gasteiger partial charge in [-0.05, 0) is 65.8 Å². The minimum absolute atomic E-state index is 0.318. The average Bonchev–Trinajstić information content (AvgIpc) is 2.97. The van der Waals surface area contributed by atoms with Gasteiger partial charge in [-0.2, -0.15) is 0 Å². The van der Waals surface area contributed by atoms with E-state index in [1.165, 1.54) is 151 Å².